The molecule has 0 amide bonds. The van der Waals surface area contributed by atoms with E-state index in [-0.39, 0.29) is 0 Å². The quantitative estimate of drug-likeness (QED) is 0.766. The van der Waals surface area contributed by atoms with E-state index < -0.39 is 0 Å². The number of nitrogens with zero attached hydrogens (tertiary/aromatic N) is 3. The second-order valence-electron chi connectivity index (χ2n) is 4.41. The van der Waals surface area contributed by atoms with Crippen molar-refractivity contribution in [3.05, 3.63) is 53.7 Å². The normalized spacial score (nSPS) is 10.8. The van der Waals surface area contributed by atoms with Crippen LogP contribution < -0.4 is 5.32 Å². The van der Waals surface area contributed by atoms with Crippen LogP contribution in [0.4, 0.5) is 0 Å². The number of rotatable bonds is 5. The number of nitrogens with one attached hydrogen (secondary N) is 1. The molecule has 6 heteroatoms. The summed E-state index contributed by atoms with van der Waals surface area (Å²) >= 11 is 0. The summed E-state index contributed by atoms with van der Waals surface area (Å²) in [4.78, 5) is 0. The van der Waals surface area contributed by atoms with Gasteiger partial charge in [-0.2, -0.15) is 0 Å². The van der Waals surface area contributed by atoms with E-state index in [1.54, 1.807) is 0 Å². The first kappa shape index (κ1) is 12.6. The Labute approximate surface area is 115 Å². The van der Waals surface area contributed by atoms with Crippen LogP contribution in [0.3, 0.4) is 0 Å². The van der Waals surface area contributed by atoms with Gasteiger partial charge in [-0.05, 0) is 19.1 Å². The zero-order valence-corrected chi connectivity index (χ0v) is 11.0. The third-order valence-corrected chi connectivity index (χ3v) is 2.74. The number of hydrogen-bond donors (Lipinski definition) is 1. The second-order valence-corrected chi connectivity index (χ2v) is 4.41. The van der Waals surface area contributed by atoms with E-state index in [1.165, 1.54) is 0 Å². The van der Waals surface area contributed by atoms with Crippen molar-refractivity contribution in [1.29, 1.82) is 0 Å². The molecule has 0 aliphatic carbocycles. The summed E-state index contributed by atoms with van der Waals surface area (Å²) in [6, 6.07) is 11.6. The van der Waals surface area contributed by atoms with E-state index in [4.69, 9.17) is 8.94 Å². The lowest BCUT2D eigenvalue weighted by Gasteiger charge is -1.97. The topological polar surface area (TPSA) is 77.0 Å². The molecule has 6 nitrogen and oxygen atoms in total. The number of aryl methyl sites for hydroxylation is 1. The zero-order chi connectivity index (χ0) is 13.8. The summed E-state index contributed by atoms with van der Waals surface area (Å²) in [5.41, 5.74) is 1.78. The summed E-state index contributed by atoms with van der Waals surface area (Å²) in [6.45, 7) is 2.95. The van der Waals surface area contributed by atoms with Crippen LogP contribution in [0, 0.1) is 6.92 Å². The van der Waals surface area contributed by atoms with Crippen LogP contribution in [0.15, 0.2) is 45.3 Å². The molecule has 20 heavy (non-hydrogen) atoms. The maximum Gasteiger partial charge on any atom is 0.247 e. The van der Waals surface area contributed by atoms with E-state index in [0.717, 1.165) is 17.0 Å². The van der Waals surface area contributed by atoms with Crippen molar-refractivity contribution in [2.75, 3.05) is 0 Å². The first-order valence-corrected chi connectivity index (χ1v) is 6.32. The van der Waals surface area contributed by atoms with Crippen molar-refractivity contribution in [2.24, 2.45) is 0 Å². The number of benzene rings is 1. The summed E-state index contributed by atoms with van der Waals surface area (Å²) in [5, 5.41) is 15.0. The minimum atomic E-state index is 0.486. The van der Waals surface area contributed by atoms with Crippen LogP contribution in [0.25, 0.3) is 11.5 Å². The van der Waals surface area contributed by atoms with E-state index in [9.17, 15) is 0 Å². The summed E-state index contributed by atoms with van der Waals surface area (Å²) in [6.07, 6.45) is 0. The summed E-state index contributed by atoms with van der Waals surface area (Å²) < 4.78 is 10.7. The Kier molecular flexibility index (Phi) is 3.56. The Morgan fingerprint density at radius 1 is 1.10 bits per heavy atom. The van der Waals surface area contributed by atoms with Gasteiger partial charge in [-0.25, -0.2) is 0 Å². The summed E-state index contributed by atoms with van der Waals surface area (Å²) in [7, 11) is 0. The van der Waals surface area contributed by atoms with Gasteiger partial charge in [0.15, 0.2) is 5.76 Å². The number of hydrogen-bond acceptors (Lipinski definition) is 6. The van der Waals surface area contributed by atoms with Crippen molar-refractivity contribution < 1.29 is 8.94 Å². The molecule has 0 spiro atoms. The molecule has 0 fully saturated rings. The largest absolute Gasteiger partial charge is 0.419 e. The monoisotopic (exact) mass is 270 g/mol. The minimum absolute atomic E-state index is 0.486. The first-order valence-electron chi connectivity index (χ1n) is 6.32. The Morgan fingerprint density at radius 3 is 2.70 bits per heavy atom. The highest BCUT2D eigenvalue weighted by Crippen LogP contribution is 2.16. The molecule has 0 atom stereocenters. The zero-order valence-electron chi connectivity index (χ0n) is 11.0. The van der Waals surface area contributed by atoms with Crippen molar-refractivity contribution in [3.63, 3.8) is 0 Å². The maximum atomic E-state index is 5.58. The fourth-order valence-electron chi connectivity index (χ4n) is 1.81. The van der Waals surface area contributed by atoms with Gasteiger partial charge in [0, 0.05) is 11.6 Å². The van der Waals surface area contributed by atoms with Gasteiger partial charge in [-0.15, -0.1) is 10.2 Å². The molecule has 3 aromatic rings. The van der Waals surface area contributed by atoms with Crippen LogP contribution >= 0.6 is 0 Å². The van der Waals surface area contributed by atoms with Gasteiger partial charge in [0.05, 0.1) is 18.8 Å². The Hall–Kier alpha value is -2.47. The van der Waals surface area contributed by atoms with Crippen molar-refractivity contribution in [3.8, 4) is 11.5 Å². The van der Waals surface area contributed by atoms with Gasteiger partial charge in [-0.3, -0.25) is 0 Å². The highest BCUT2D eigenvalue weighted by molar-refractivity contribution is 5.51. The van der Waals surface area contributed by atoms with E-state index in [0.29, 0.717) is 24.9 Å². The lowest BCUT2D eigenvalue weighted by molar-refractivity contribution is 0.365. The molecule has 0 aliphatic heterocycles. The molecule has 0 radical (unpaired) electrons. The molecule has 0 aliphatic rings. The van der Waals surface area contributed by atoms with E-state index in [2.05, 4.69) is 20.7 Å². The van der Waals surface area contributed by atoms with Gasteiger partial charge in [0.25, 0.3) is 0 Å². The third kappa shape index (κ3) is 2.92. The predicted octanol–water partition coefficient (Wildman–Crippen LogP) is 2.32. The van der Waals surface area contributed by atoms with Gasteiger partial charge in [0.2, 0.25) is 11.8 Å². The molecule has 1 aromatic carbocycles. The highest BCUT2D eigenvalue weighted by atomic mass is 16.5. The Bertz CT molecular complexity index is 675. The Balaban J connectivity index is 1.58. The average molecular weight is 270 g/mol. The van der Waals surface area contributed by atoms with Crippen LogP contribution in [0.2, 0.25) is 0 Å². The molecule has 1 N–H and O–H groups in total. The molecule has 2 heterocycles. The highest BCUT2D eigenvalue weighted by Gasteiger charge is 2.08. The molecule has 0 saturated carbocycles. The lowest BCUT2D eigenvalue weighted by Crippen LogP contribution is -2.12. The van der Waals surface area contributed by atoms with E-state index >= 15 is 0 Å². The number of aromatic nitrogens is 3. The van der Waals surface area contributed by atoms with Crippen LogP contribution in [-0.4, -0.2) is 15.4 Å². The van der Waals surface area contributed by atoms with Gasteiger partial charge in [-0.1, -0.05) is 23.4 Å². The third-order valence-electron chi connectivity index (χ3n) is 2.74. The molecule has 0 saturated heterocycles. The molecule has 2 aromatic heterocycles. The lowest BCUT2D eigenvalue weighted by atomic mass is 10.2. The SMILES string of the molecule is Cc1cc(CNCc2nnc(-c3ccccc3)o2)on1. The van der Waals surface area contributed by atoms with E-state index in [1.807, 2.05) is 43.3 Å². The molecule has 0 bridgehead atoms. The smallest absolute Gasteiger partial charge is 0.247 e. The molecular formula is C14H14N4O2. The fourth-order valence-corrected chi connectivity index (χ4v) is 1.81. The Morgan fingerprint density at radius 2 is 1.95 bits per heavy atom. The second kappa shape index (κ2) is 5.66. The van der Waals surface area contributed by atoms with Crippen molar-refractivity contribution in [2.45, 2.75) is 20.0 Å². The maximum absolute atomic E-state index is 5.58. The fraction of sp³-hybridized carbons (Fsp3) is 0.214. The van der Waals surface area contributed by atoms with Crippen LogP contribution in [-0.2, 0) is 13.1 Å². The summed E-state index contributed by atoms with van der Waals surface area (Å²) in [5.74, 6) is 1.85. The molecule has 102 valence electrons. The molecular weight excluding hydrogens is 256 g/mol. The molecule has 0 unspecified atom stereocenters. The van der Waals surface area contributed by atoms with Gasteiger partial charge < -0.3 is 14.3 Å². The average Bonchev–Trinajstić information content (AvgIpc) is 3.09. The predicted molar refractivity (Wildman–Crippen MR) is 71.5 cm³/mol. The van der Waals surface area contributed by atoms with Crippen LogP contribution in [0.5, 0.6) is 0 Å². The minimum Gasteiger partial charge on any atom is -0.419 e. The first-order chi connectivity index (χ1) is 9.81. The van der Waals surface area contributed by atoms with Crippen molar-refractivity contribution >= 4 is 0 Å². The van der Waals surface area contributed by atoms with Crippen molar-refractivity contribution in [1.82, 2.24) is 20.7 Å². The van der Waals surface area contributed by atoms with Gasteiger partial charge >= 0.3 is 0 Å². The van der Waals surface area contributed by atoms with Crippen LogP contribution in [0.1, 0.15) is 17.3 Å². The standard InChI is InChI=1S/C14H14N4O2/c1-10-7-12(20-18-10)8-15-9-13-16-17-14(19-13)11-5-3-2-4-6-11/h2-7,15H,8-9H2,1H3. The van der Waals surface area contributed by atoms with Gasteiger partial charge in [0.1, 0.15) is 0 Å². The molecule has 3 rings (SSSR count).